The molecule has 112 valence electrons. The van der Waals surface area contributed by atoms with E-state index in [4.69, 9.17) is 0 Å². The van der Waals surface area contributed by atoms with Crippen LogP contribution in [0.3, 0.4) is 0 Å². The zero-order valence-electron chi connectivity index (χ0n) is 12.3. The average molecular weight is 296 g/mol. The van der Waals surface area contributed by atoms with Gasteiger partial charge in [-0.2, -0.15) is 0 Å². The van der Waals surface area contributed by atoms with Gasteiger partial charge in [0.25, 0.3) is 0 Å². The molecule has 0 aromatic heterocycles. The molecule has 0 radical (unpaired) electrons. The van der Waals surface area contributed by atoms with Crippen molar-refractivity contribution in [2.45, 2.75) is 39.0 Å². The Labute approximate surface area is 122 Å². The van der Waals surface area contributed by atoms with Gasteiger partial charge in [0, 0.05) is 24.9 Å². The first-order valence-electron chi connectivity index (χ1n) is 7.06. The number of hydrogen-bond acceptors (Lipinski definition) is 3. The van der Waals surface area contributed by atoms with Gasteiger partial charge in [-0.1, -0.05) is 38.3 Å². The van der Waals surface area contributed by atoms with E-state index in [1.807, 2.05) is 18.3 Å². The molecule has 0 spiro atoms. The van der Waals surface area contributed by atoms with Crippen LogP contribution in [0.25, 0.3) is 0 Å². The van der Waals surface area contributed by atoms with Gasteiger partial charge in [0.15, 0.2) is 0 Å². The summed E-state index contributed by atoms with van der Waals surface area (Å²) in [6, 6.07) is 7.37. The standard InChI is InChI=1S/C15H24N2O2S/c1-3-4-5-6-12-16-13-11-14-7-9-15(10-8-14)17-20(2,18)19/h7-10,13,17H,3-6,11-12H2,1-2H3. The van der Waals surface area contributed by atoms with E-state index in [9.17, 15) is 8.42 Å². The van der Waals surface area contributed by atoms with Gasteiger partial charge in [0.2, 0.25) is 10.0 Å². The van der Waals surface area contributed by atoms with Crippen LogP contribution >= 0.6 is 0 Å². The fraction of sp³-hybridized carbons (Fsp3) is 0.533. The molecule has 1 aromatic carbocycles. The summed E-state index contributed by atoms with van der Waals surface area (Å²) < 4.78 is 24.6. The Morgan fingerprint density at radius 3 is 2.45 bits per heavy atom. The number of nitrogens with one attached hydrogen (secondary N) is 1. The van der Waals surface area contributed by atoms with Crippen molar-refractivity contribution < 1.29 is 8.42 Å². The van der Waals surface area contributed by atoms with Crippen molar-refractivity contribution >= 4 is 21.9 Å². The number of rotatable bonds is 9. The molecule has 0 saturated heterocycles. The molecular weight excluding hydrogens is 272 g/mol. The normalized spacial score (nSPS) is 11.9. The van der Waals surface area contributed by atoms with Crippen molar-refractivity contribution in [2.24, 2.45) is 4.99 Å². The third-order valence-corrected chi connectivity index (χ3v) is 3.46. The Hall–Kier alpha value is -1.36. The molecule has 0 saturated carbocycles. The predicted octanol–water partition coefficient (Wildman–Crippen LogP) is 3.25. The minimum atomic E-state index is -3.20. The largest absolute Gasteiger partial charge is 0.297 e. The van der Waals surface area contributed by atoms with Crippen LogP contribution in [0.4, 0.5) is 5.69 Å². The van der Waals surface area contributed by atoms with E-state index in [2.05, 4.69) is 16.6 Å². The Kier molecular flexibility index (Phi) is 7.30. The summed E-state index contributed by atoms with van der Waals surface area (Å²) in [5, 5.41) is 0. The predicted molar refractivity (Wildman–Crippen MR) is 86.1 cm³/mol. The number of anilines is 1. The average Bonchev–Trinajstić information content (AvgIpc) is 2.38. The maximum absolute atomic E-state index is 11.1. The first kappa shape index (κ1) is 16.7. The molecule has 1 aromatic rings. The minimum absolute atomic E-state index is 0.591. The van der Waals surface area contributed by atoms with E-state index in [-0.39, 0.29) is 0 Å². The molecule has 4 nitrogen and oxygen atoms in total. The molecule has 0 aliphatic heterocycles. The van der Waals surface area contributed by atoms with Crippen LogP contribution in [-0.2, 0) is 16.4 Å². The summed E-state index contributed by atoms with van der Waals surface area (Å²) in [5.74, 6) is 0. The Morgan fingerprint density at radius 1 is 1.15 bits per heavy atom. The number of benzene rings is 1. The highest BCUT2D eigenvalue weighted by molar-refractivity contribution is 7.92. The summed E-state index contributed by atoms with van der Waals surface area (Å²) >= 11 is 0. The number of sulfonamides is 1. The van der Waals surface area contributed by atoms with E-state index in [1.54, 1.807) is 12.1 Å². The molecule has 0 aliphatic carbocycles. The van der Waals surface area contributed by atoms with Crippen LogP contribution in [0.2, 0.25) is 0 Å². The molecule has 5 heteroatoms. The van der Waals surface area contributed by atoms with E-state index in [0.717, 1.165) is 31.2 Å². The summed E-state index contributed by atoms with van der Waals surface area (Å²) in [5.41, 5.74) is 1.72. The lowest BCUT2D eigenvalue weighted by molar-refractivity contribution is 0.607. The fourth-order valence-electron chi connectivity index (χ4n) is 1.81. The third-order valence-electron chi connectivity index (χ3n) is 2.85. The number of aliphatic imine (C=N–C) groups is 1. The lowest BCUT2D eigenvalue weighted by Gasteiger charge is -2.04. The third kappa shape index (κ3) is 7.94. The second-order valence-electron chi connectivity index (χ2n) is 4.92. The first-order chi connectivity index (χ1) is 9.51. The van der Waals surface area contributed by atoms with Crippen molar-refractivity contribution in [1.29, 1.82) is 0 Å². The van der Waals surface area contributed by atoms with Crippen molar-refractivity contribution in [3.8, 4) is 0 Å². The topological polar surface area (TPSA) is 58.5 Å². The van der Waals surface area contributed by atoms with Crippen molar-refractivity contribution in [3.05, 3.63) is 29.8 Å². The molecule has 0 heterocycles. The SMILES string of the molecule is CCCCCCN=CCc1ccc(NS(C)(=O)=O)cc1. The van der Waals surface area contributed by atoms with Gasteiger partial charge >= 0.3 is 0 Å². The first-order valence-corrected chi connectivity index (χ1v) is 8.95. The Bertz CT molecular complexity index is 507. The minimum Gasteiger partial charge on any atom is -0.297 e. The summed E-state index contributed by atoms with van der Waals surface area (Å²) in [6.07, 6.45) is 8.80. The van der Waals surface area contributed by atoms with Crippen LogP contribution in [0.5, 0.6) is 0 Å². The van der Waals surface area contributed by atoms with Crippen LogP contribution < -0.4 is 4.72 Å². The van der Waals surface area contributed by atoms with Gasteiger partial charge < -0.3 is 0 Å². The van der Waals surface area contributed by atoms with Crippen LogP contribution in [0.1, 0.15) is 38.2 Å². The van der Waals surface area contributed by atoms with Crippen molar-refractivity contribution in [1.82, 2.24) is 0 Å². The molecule has 20 heavy (non-hydrogen) atoms. The molecule has 0 aliphatic rings. The van der Waals surface area contributed by atoms with Crippen LogP contribution in [0.15, 0.2) is 29.3 Å². The number of nitrogens with zero attached hydrogens (tertiary/aromatic N) is 1. The smallest absolute Gasteiger partial charge is 0.229 e. The molecule has 0 amide bonds. The van der Waals surface area contributed by atoms with Crippen molar-refractivity contribution in [2.75, 3.05) is 17.5 Å². The molecule has 0 bridgehead atoms. The van der Waals surface area contributed by atoms with Crippen LogP contribution in [0, 0.1) is 0 Å². The van der Waals surface area contributed by atoms with E-state index < -0.39 is 10.0 Å². The van der Waals surface area contributed by atoms with Crippen molar-refractivity contribution in [3.63, 3.8) is 0 Å². The zero-order chi connectivity index (χ0) is 14.8. The molecule has 0 atom stereocenters. The number of unbranched alkanes of at least 4 members (excludes halogenated alkanes) is 3. The zero-order valence-corrected chi connectivity index (χ0v) is 13.1. The van der Waals surface area contributed by atoms with Gasteiger partial charge in [-0.3, -0.25) is 9.71 Å². The maximum Gasteiger partial charge on any atom is 0.229 e. The molecular formula is C15H24N2O2S. The number of hydrogen-bond donors (Lipinski definition) is 1. The monoisotopic (exact) mass is 296 g/mol. The Morgan fingerprint density at radius 2 is 1.85 bits per heavy atom. The van der Waals surface area contributed by atoms with Gasteiger partial charge in [-0.05, 0) is 24.1 Å². The lowest BCUT2D eigenvalue weighted by atomic mass is 10.1. The molecule has 1 rings (SSSR count). The summed E-state index contributed by atoms with van der Waals surface area (Å²) in [6.45, 7) is 3.10. The van der Waals surface area contributed by atoms with Gasteiger partial charge in [-0.15, -0.1) is 0 Å². The van der Waals surface area contributed by atoms with Crippen LogP contribution in [-0.4, -0.2) is 27.4 Å². The highest BCUT2D eigenvalue weighted by Gasteiger charge is 2.00. The summed E-state index contributed by atoms with van der Waals surface area (Å²) in [7, 11) is -3.20. The van der Waals surface area contributed by atoms with Gasteiger partial charge in [0.05, 0.1) is 6.26 Å². The summed E-state index contributed by atoms with van der Waals surface area (Å²) in [4.78, 5) is 4.38. The molecule has 1 N–H and O–H groups in total. The van der Waals surface area contributed by atoms with Gasteiger partial charge in [0.1, 0.15) is 0 Å². The van der Waals surface area contributed by atoms with Gasteiger partial charge in [-0.25, -0.2) is 8.42 Å². The molecule has 0 unspecified atom stereocenters. The van der Waals surface area contributed by atoms with E-state index >= 15 is 0 Å². The van der Waals surface area contributed by atoms with E-state index in [1.165, 1.54) is 19.3 Å². The molecule has 0 fully saturated rings. The Balaban J connectivity index is 2.33. The second kappa shape index (κ2) is 8.74. The quantitative estimate of drug-likeness (QED) is 0.561. The highest BCUT2D eigenvalue weighted by atomic mass is 32.2. The van der Waals surface area contributed by atoms with E-state index in [0.29, 0.717) is 5.69 Å². The lowest BCUT2D eigenvalue weighted by Crippen LogP contribution is -2.09. The second-order valence-corrected chi connectivity index (χ2v) is 6.67. The highest BCUT2D eigenvalue weighted by Crippen LogP contribution is 2.10. The maximum atomic E-state index is 11.1. The fourth-order valence-corrected chi connectivity index (χ4v) is 2.38.